The molecule has 4 aliphatic rings. The molecule has 0 bridgehead atoms. The fourth-order valence-corrected chi connectivity index (χ4v) is 8.12. The van der Waals surface area contributed by atoms with E-state index in [0.717, 1.165) is 43.0 Å². The van der Waals surface area contributed by atoms with Crippen molar-refractivity contribution >= 4 is 11.4 Å². The Morgan fingerprint density at radius 1 is 0.914 bits per heavy atom. The minimum Gasteiger partial charge on any atom is -0.394 e. The van der Waals surface area contributed by atoms with E-state index in [9.17, 15) is 0 Å². The molecule has 0 saturated heterocycles. The molecule has 0 amide bonds. The van der Waals surface area contributed by atoms with Crippen LogP contribution in [0, 0.1) is 34.5 Å². The summed E-state index contributed by atoms with van der Waals surface area (Å²) in [4.78, 5) is 15.6. The van der Waals surface area contributed by atoms with Crippen LogP contribution < -0.4 is 0 Å². The van der Waals surface area contributed by atoms with Gasteiger partial charge in [-0.1, -0.05) is 29.7 Å². The molecule has 4 aliphatic carbocycles. The molecule has 4 rings (SSSR count). The van der Waals surface area contributed by atoms with E-state index in [2.05, 4.69) is 75.1 Å². The minimum absolute atomic E-state index is 0.337. The van der Waals surface area contributed by atoms with Crippen molar-refractivity contribution < 1.29 is 9.68 Å². The topological polar surface area (TPSA) is 49.7 Å². The van der Waals surface area contributed by atoms with Gasteiger partial charge in [-0.25, -0.2) is 0 Å². The average molecular weight is 487 g/mol. The maximum absolute atomic E-state index is 5.71. The number of nitrogens with zero attached hydrogens (tertiary/aromatic N) is 4. The third-order valence-corrected chi connectivity index (χ3v) is 10.1. The summed E-state index contributed by atoms with van der Waals surface area (Å²) < 4.78 is 0. The SMILES string of the molecule is C/C(=N\OCCN(C)C)[C@H]1CC[C@H]2[C@@H]3CCC4=C/C(=N\OCCN(C)C)CC[C@]4(C)[C@H]3CC[C@]12C. The smallest absolute Gasteiger partial charge is 0.129 e. The van der Waals surface area contributed by atoms with Crippen LogP contribution in [-0.4, -0.2) is 75.7 Å². The molecule has 0 aromatic rings. The second-order valence-corrected chi connectivity index (χ2v) is 12.8. The lowest BCUT2D eigenvalue weighted by Crippen LogP contribution is -2.51. The van der Waals surface area contributed by atoms with Crippen LogP contribution in [0.15, 0.2) is 22.0 Å². The third kappa shape index (κ3) is 5.49. The summed E-state index contributed by atoms with van der Waals surface area (Å²) in [7, 11) is 8.29. The van der Waals surface area contributed by atoms with Crippen LogP contribution in [0.5, 0.6) is 0 Å². The molecule has 0 radical (unpaired) electrons. The summed E-state index contributed by atoms with van der Waals surface area (Å²) >= 11 is 0. The van der Waals surface area contributed by atoms with E-state index in [4.69, 9.17) is 9.68 Å². The number of oxime groups is 2. The molecule has 0 aromatic heterocycles. The Balaban J connectivity index is 1.42. The van der Waals surface area contributed by atoms with Crippen molar-refractivity contribution in [2.45, 2.75) is 72.1 Å². The minimum atomic E-state index is 0.337. The first-order valence-corrected chi connectivity index (χ1v) is 14.0. The summed E-state index contributed by atoms with van der Waals surface area (Å²) in [6.07, 6.45) is 12.5. The molecule has 0 unspecified atom stereocenters. The van der Waals surface area contributed by atoms with Gasteiger partial charge < -0.3 is 19.5 Å². The van der Waals surface area contributed by atoms with Crippen LogP contribution in [0.3, 0.4) is 0 Å². The van der Waals surface area contributed by atoms with Crippen LogP contribution in [0.1, 0.15) is 72.1 Å². The van der Waals surface area contributed by atoms with Gasteiger partial charge in [0.1, 0.15) is 13.2 Å². The highest BCUT2D eigenvalue weighted by molar-refractivity contribution is 5.96. The molecule has 0 heterocycles. The van der Waals surface area contributed by atoms with Gasteiger partial charge in [-0.05, 0) is 121 Å². The predicted molar refractivity (Wildman–Crippen MR) is 145 cm³/mol. The summed E-state index contributed by atoms with van der Waals surface area (Å²) in [5.74, 6) is 3.05. The van der Waals surface area contributed by atoms with Gasteiger partial charge in [-0.2, -0.15) is 0 Å². The van der Waals surface area contributed by atoms with Gasteiger partial charge in [0, 0.05) is 19.0 Å². The first kappa shape index (κ1) is 26.7. The van der Waals surface area contributed by atoms with Gasteiger partial charge in [-0.15, -0.1) is 0 Å². The monoisotopic (exact) mass is 486 g/mol. The van der Waals surface area contributed by atoms with Crippen LogP contribution in [0.4, 0.5) is 0 Å². The quantitative estimate of drug-likeness (QED) is 0.247. The molecular weight excluding hydrogens is 436 g/mol. The average Bonchev–Trinajstić information content (AvgIpc) is 3.16. The summed E-state index contributed by atoms with van der Waals surface area (Å²) in [5, 5.41) is 9.10. The maximum atomic E-state index is 5.71. The molecule has 3 fully saturated rings. The van der Waals surface area contributed by atoms with E-state index in [1.54, 1.807) is 5.57 Å². The van der Waals surface area contributed by atoms with Gasteiger partial charge >= 0.3 is 0 Å². The zero-order chi connectivity index (χ0) is 25.2. The van der Waals surface area contributed by atoms with Gasteiger partial charge in [-0.3, -0.25) is 0 Å². The van der Waals surface area contributed by atoms with Crippen molar-refractivity contribution in [1.82, 2.24) is 9.80 Å². The summed E-state index contributed by atoms with van der Waals surface area (Å²) in [6, 6.07) is 0. The molecule has 0 aromatic carbocycles. The Kier molecular flexibility index (Phi) is 8.32. The highest BCUT2D eigenvalue weighted by Gasteiger charge is 2.59. The lowest BCUT2D eigenvalue weighted by molar-refractivity contribution is -0.0412. The van der Waals surface area contributed by atoms with Crippen molar-refractivity contribution in [2.75, 3.05) is 54.5 Å². The number of rotatable bonds is 9. The first-order chi connectivity index (χ1) is 16.6. The van der Waals surface area contributed by atoms with E-state index in [0.29, 0.717) is 30.0 Å². The zero-order valence-corrected chi connectivity index (χ0v) is 23.5. The fraction of sp³-hybridized carbons (Fsp3) is 0.862. The standard InChI is InChI=1S/C29H50N4O2/c1-21(30-34-18-16-32(4)5)25-10-11-26-24-9-8-22-20-23(31-35-19-17-33(6)7)12-14-28(22,2)27(24)13-15-29(25,26)3/h20,24-27H,8-19H2,1-7H3/b30-21+,31-23-/t24-,25+,26-,27-,28-,29+/m0/s1. The third-order valence-electron chi connectivity index (χ3n) is 10.1. The summed E-state index contributed by atoms with van der Waals surface area (Å²) in [6.45, 7) is 10.5. The molecule has 198 valence electrons. The highest BCUT2D eigenvalue weighted by atomic mass is 16.6. The lowest BCUT2D eigenvalue weighted by atomic mass is 9.46. The van der Waals surface area contributed by atoms with E-state index in [-0.39, 0.29) is 0 Å². The summed E-state index contributed by atoms with van der Waals surface area (Å²) in [5.41, 5.74) is 4.73. The Morgan fingerprint density at radius 3 is 2.34 bits per heavy atom. The number of allylic oxidation sites excluding steroid dienone is 2. The second kappa shape index (κ2) is 10.9. The van der Waals surface area contributed by atoms with Gasteiger partial charge in [0.25, 0.3) is 0 Å². The van der Waals surface area contributed by atoms with Crippen molar-refractivity contribution in [2.24, 2.45) is 44.8 Å². The normalized spacial score (nSPS) is 38.3. The zero-order valence-electron chi connectivity index (χ0n) is 23.5. The highest BCUT2D eigenvalue weighted by Crippen LogP contribution is 2.66. The van der Waals surface area contributed by atoms with Crippen molar-refractivity contribution in [3.63, 3.8) is 0 Å². The van der Waals surface area contributed by atoms with Gasteiger partial charge in [0.05, 0.1) is 11.4 Å². The Hall–Kier alpha value is -1.40. The number of fused-ring (bicyclic) bond motifs is 5. The Morgan fingerprint density at radius 2 is 1.63 bits per heavy atom. The molecule has 0 N–H and O–H groups in total. The molecule has 0 aliphatic heterocycles. The number of hydrogen-bond acceptors (Lipinski definition) is 6. The van der Waals surface area contributed by atoms with Crippen molar-refractivity contribution in [1.29, 1.82) is 0 Å². The van der Waals surface area contributed by atoms with E-state index < -0.39 is 0 Å². The van der Waals surface area contributed by atoms with E-state index in [1.807, 2.05) is 0 Å². The molecule has 6 heteroatoms. The van der Waals surface area contributed by atoms with Crippen molar-refractivity contribution in [3.05, 3.63) is 11.6 Å². The number of hydrogen-bond donors (Lipinski definition) is 0. The Bertz CT molecular complexity index is 835. The predicted octanol–water partition coefficient (Wildman–Crippen LogP) is 5.45. The maximum Gasteiger partial charge on any atom is 0.129 e. The van der Waals surface area contributed by atoms with Gasteiger partial charge in [0.2, 0.25) is 0 Å². The molecule has 6 atom stereocenters. The molecule has 6 nitrogen and oxygen atoms in total. The molecule has 35 heavy (non-hydrogen) atoms. The lowest BCUT2D eigenvalue weighted by Gasteiger charge is -2.58. The number of likely N-dealkylation sites (N-methyl/N-ethyl adjacent to an activating group) is 2. The Labute approximate surface area is 214 Å². The van der Waals surface area contributed by atoms with E-state index in [1.165, 1.54) is 50.7 Å². The first-order valence-electron chi connectivity index (χ1n) is 14.0. The van der Waals surface area contributed by atoms with Crippen LogP contribution in [-0.2, 0) is 9.68 Å². The molecule has 0 spiro atoms. The molecular formula is C29H50N4O2. The fourth-order valence-electron chi connectivity index (χ4n) is 8.12. The van der Waals surface area contributed by atoms with Crippen LogP contribution in [0.2, 0.25) is 0 Å². The largest absolute Gasteiger partial charge is 0.394 e. The van der Waals surface area contributed by atoms with Crippen LogP contribution in [0.25, 0.3) is 0 Å². The van der Waals surface area contributed by atoms with E-state index >= 15 is 0 Å². The van der Waals surface area contributed by atoms with Gasteiger partial charge in [0.15, 0.2) is 0 Å². The van der Waals surface area contributed by atoms with Crippen LogP contribution >= 0.6 is 0 Å². The molecule has 3 saturated carbocycles. The second-order valence-electron chi connectivity index (χ2n) is 12.8. The van der Waals surface area contributed by atoms with Crippen molar-refractivity contribution in [3.8, 4) is 0 Å².